The Hall–Kier alpha value is -3.28. The molecule has 0 heterocycles. The van der Waals surface area contributed by atoms with Crippen molar-refractivity contribution in [2.24, 2.45) is 0 Å². The highest BCUT2D eigenvalue weighted by Gasteiger charge is 2.36. The van der Waals surface area contributed by atoms with Crippen LogP contribution in [0.4, 0.5) is 18.9 Å². The third-order valence-electron chi connectivity index (χ3n) is 6.23. The van der Waals surface area contributed by atoms with Crippen molar-refractivity contribution >= 4 is 50.7 Å². The van der Waals surface area contributed by atoms with Crippen LogP contribution in [0, 0.1) is 0 Å². The average molecular weight is 645 g/mol. The van der Waals surface area contributed by atoms with Crippen LogP contribution in [0.15, 0.2) is 77.7 Å². The molecular weight excluding hydrogens is 614 g/mol. The largest absolute Gasteiger partial charge is 0.416 e. The number of sulfonamides is 1. The van der Waals surface area contributed by atoms with Gasteiger partial charge in [0.15, 0.2) is 0 Å². The summed E-state index contributed by atoms with van der Waals surface area (Å²) in [5.41, 5.74) is -0.947. The van der Waals surface area contributed by atoms with E-state index in [9.17, 15) is 31.2 Å². The van der Waals surface area contributed by atoms with Crippen LogP contribution in [-0.4, -0.2) is 43.8 Å². The number of anilines is 1. The van der Waals surface area contributed by atoms with Gasteiger partial charge in [-0.05, 0) is 68.3 Å². The van der Waals surface area contributed by atoms with Gasteiger partial charge in [0.1, 0.15) is 12.6 Å². The molecule has 0 saturated heterocycles. The van der Waals surface area contributed by atoms with Gasteiger partial charge in [0, 0.05) is 12.6 Å². The lowest BCUT2D eigenvalue weighted by Gasteiger charge is -2.33. The number of carbonyl (C=O) groups excluding carboxylic acids is 2. The summed E-state index contributed by atoms with van der Waals surface area (Å²) < 4.78 is 68.9. The summed E-state index contributed by atoms with van der Waals surface area (Å²) in [4.78, 5) is 28.1. The Morgan fingerprint density at radius 1 is 0.929 bits per heavy atom. The van der Waals surface area contributed by atoms with Gasteiger partial charge in [-0.1, -0.05) is 60.5 Å². The van der Waals surface area contributed by atoms with Crippen molar-refractivity contribution in [1.29, 1.82) is 0 Å². The van der Waals surface area contributed by atoms with E-state index in [0.29, 0.717) is 15.9 Å². The van der Waals surface area contributed by atoms with Gasteiger partial charge >= 0.3 is 6.18 Å². The molecule has 7 nitrogen and oxygen atoms in total. The van der Waals surface area contributed by atoms with Crippen LogP contribution in [-0.2, 0) is 32.3 Å². The molecule has 3 rings (SSSR count). The first-order valence-electron chi connectivity index (χ1n) is 12.9. The number of hydrogen-bond acceptors (Lipinski definition) is 4. The van der Waals surface area contributed by atoms with Crippen molar-refractivity contribution in [1.82, 2.24) is 10.2 Å². The summed E-state index contributed by atoms with van der Waals surface area (Å²) in [5.74, 6) is -1.29. The third-order valence-corrected chi connectivity index (χ3v) is 8.75. The van der Waals surface area contributed by atoms with E-state index in [0.717, 1.165) is 12.1 Å². The zero-order valence-corrected chi connectivity index (χ0v) is 25.4. The van der Waals surface area contributed by atoms with Gasteiger partial charge in [0.2, 0.25) is 11.8 Å². The Bertz CT molecular complexity index is 1520. The topological polar surface area (TPSA) is 86.8 Å². The molecule has 0 bridgehead atoms. The van der Waals surface area contributed by atoms with Crippen molar-refractivity contribution in [3.8, 4) is 0 Å². The second kappa shape index (κ2) is 13.8. The number of benzene rings is 3. The molecule has 0 fully saturated rings. The van der Waals surface area contributed by atoms with E-state index in [1.165, 1.54) is 47.4 Å². The van der Waals surface area contributed by atoms with Crippen molar-refractivity contribution in [3.63, 3.8) is 0 Å². The highest BCUT2D eigenvalue weighted by atomic mass is 35.5. The van der Waals surface area contributed by atoms with Crippen LogP contribution in [0.3, 0.4) is 0 Å². The SMILES string of the molecule is CC[C@H](C(=O)NC(C)C)N(Cc1ccc(Cl)c(Cl)c1)C(=O)CN(c1cccc(C(F)(F)F)c1)S(=O)(=O)c1ccccc1. The first-order chi connectivity index (χ1) is 19.6. The minimum Gasteiger partial charge on any atom is -0.352 e. The van der Waals surface area contributed by atoms with Crippen molar-refractivity contribution in [3.05, 3.63) is 94.0 Å². The second-order valence-corrected chi connectivity index (χ2v) is 12.4. The molecule has 0 spiro atoms. The molecule has 1 atom stereocenters. The van der Waals surface area contributed by atoms with Gasteiger partial charge in [0.25, 0.3) is 10.0 Å². The summed E-state index contributed by atoms with van der Waals surface area (Å²) in [6, 6.07) is 14.1. The highest BCUT2D eigenvalue weighted by molar-refractivity contribution is 7.92. The average Bonchev–Trinajstić information content (AvgIpc) is 2.93. The maximum atomic E-state index is 14.0. The third kappa shape index (κ3) is 8.17. The number of carbonyl (C=O) groups is 2. The number of halogens is 5. The fraction of sp³-hybridized carbons (Fsp3) is 0.310. The van der Waals surface area contributed by atoms with Gasteiger partial charge in [-0.2, -0.15) is 13.2 Å². The molecule has 2 amide bonds. The highest BCUT2D eigenvalue weighted by Crippen LogP contribution is 2.33. The van der Waals surface area contributed by atoms with E-state index in [2.05, 4.69) is 5.32 Å². The molecule has 0 aromatic heterocycles. The molecule has 42 heavy (non-hydrogen) atoms. The monoisotopic (exact) mass is 643 g/mol. The van der Waals surface area contributed by atoms with Gasteiger partial charge in [-0.25, -0.2) is 8.42 Å². The molecule has 13 heteroatoms. The number of rotatable bonds is 11. The predicted molar refractivity (Wildman–Crippen MR) is 157 cm³/mol. The quantitative estimate of drug-likeness (QED) is 0.257. The zero-order chi connectivity index (χ0) is 31.2. The molecule has 0 aliphatic rings. The summed E-state index contributed by atoms with van der Waals surface area (Å²) >= 11 is 12.2. The van der Waals surface area contributed by atoms with Gasteiger partial charge in [-0.15, -0.1) is 0 Å². The summed E-state index contributed by atoms with van der Waals surface area (Å²) in [6.07, 6.45) is -4.59. The van der Waals surface area contributed by atoms with E-state index in [1.807, 2.05) is 0 Å². The lowest BCUT2D eigenvalue weighted by Crippen LogP contribution is -2.53. The predicted octanol–water partition coefficient (Wildman–Crippen LogP) is 6.54. The number of hydrogen-bond donors (Lipinski definition) is 1. The molecule has 0 radical (unpaired) electrons. The van der Waals surface area contributed by atoms with Crippen LogP contribution >= 0.6 is 23.2 Å². The molecule has 0 unspecified atom stereocenters. The first kappa shape index (κ1) is 33.2. The normalized spacial score (nSPS) is 12.6. The van der Waals surface area contributed by atoms with E-state index in [4.69, 9.17) is 23.2 Å². The van der Waals surface area contributed by atoms with E-state index in [1.54, 1.807) is 32.9 Å². The van der Waals surface area contributed by atoms with Crippen molar-refractivity contribution < 1.29 is 31.2 Å². The van der Waals surface area contributed by atoms with Gasteiger partial charge in [0.05, 0.1) is 26.2 Å². The molecule has 3 aromatic rings. The Balaban J connectivity index is 2.12. The fourth-order valence-corrected chi connectivity index (χ4v) is 5.97. The molecule has 0 aliphatic carbocycles. The Morgan fingerprint density at radius 3 is 2.17 bits per heavy atom. The number of alkyl halides is 3. The smallest absolute Gasteiger partial charge is 0.352 e. The van der Waals surface area contributed by atoms with Crippen LogP contribution in [0.25, 0.3) is 0 Å². The summed E-state index contributed by atoms with van der Waals surface area (Å²) in [5, 5.41) is 3.24. The van der Waals surface area contributed by atoms with Crippen LogP contribution in [0.2, 0.25) is 10.0 Å². The maximum Gasteiger partial charge on any atom is 0.416 e. The lowest BCUT2D eigenvalue weighted by molar-refractivity contribution is -0.140. The Kier molecular flexibility index (Phi) is 10.9. The number of amides is 2. The Labute approximate surface area is 253 Å². The zero-order valence-electron chi connectivity index (χ0n) is 23.0. The minimum atomic E-state index is -4.76. The Morgan fingerprint density at radius 2 is 1.60 bits per heavy atom. The number of nitrogens with one attached hydrogen (secondary N) is 1. The van der Waals surface area contributed by atoms with E-state index in [-0.39, 0.29) is 39.6 Å². The van der Waals surface area contributed by atoms with Gasteiger partial charge < -0.3 is 10.2 Å². The van der Waals surface area contributed by atoms with Crippen molar-refractivity contribution in [2.75, 3.05) is 10.8 Å². The summed E-state index contributed by atoms with van der Waals surface area (Å²) in [7, 11) is -4.52. The molecule has 0 aliphatic heterocycles. The lowest BCUT2D eigenvalue weighted by atomic mass is 10.1. The molecule has 226 valence electrons. The molecule has 1 N–H and O–H groups in total. The minimum absolute atomic E-state index is 0.151. The number of nitrogens with zero attached hydrogens (tertiary/aromatic N) is 2. The second-order valence-electron chi connectivity index (χ2n) is 9.73. The van der Waals surface area contributed by atoms with Gasteiger partial charge in [-0.3, -0.25) is 13.9 Å². The van der Waals surface area contributed by atoms with Crippen molar-refractivity contribution in [2.45, 2.75) is 56.9 Å². The first-order valence-corrected chi connectivity index (χ1v) is 15.1. The molecular formula is C29H30Cl2F3N3O4S. The molecule has 3 aromatic carbocycles. The maximum absolute atomic E-state index is 14.0. The van der Waals surface area contributed by atoms with Crippen LogP contribution in [0.1, 0.15) is 38.3 Å². The van der Waals surface area contributed by atoms with E-state index < -0.39 is 46.2 Å². The van der Waals surface area contributed by atoms with E-state index >= 15 is 0 Å². The molecule has 0 saturated carbocycles. The standard InChI is InChI=1S/C29H30Cl2F3N3O4S/c1-4-26(28(39)35-19(2)3)36(17-20-13-14-24(30)25(31)15-20)27(38)18-37(42(40,41)23-11-6-5-7-12-23)22-10-8-9-21(16-22)29(32,33)34/h5-16,19,26H,4,17-18H2,1-3H3,(H,35,39)/t26-/m1/s1. The summed E-state index contributed by atoms with van der Waals surface area (Å²) in [6.45, 7) is 4.15. The van der Waals surface area contributed by atoms with Crippen LogP contribution in [0.5, 0.6) is 0 Å². The van der Waals surface area contributed by atoms with Crippen LogP contribution < -0.4 is 9.62 Å². The fourth-order valence-electron chi connectivity index (χ4n) is 4.22.